The lowest BCUT2D eigenvalue weighted by molar-refractivity contribution is 0.112. The lowest BCUT2D eigenvalue weighted by Crippen LogP contribution is -2.27. The lowest BCUT2D eigenvalue weighted by atomic mass is 10.2. The summed E-state index contributed by atoms with van der Waals surface area (Å²) in [5.41, 5.74) is 0.857. The van der Waals surface area contributed by atoms with E-state index in [4.69, 9.17) is 16.3 Å². The van der Waals surface area contributed by atoms with Gasteiger partial charge in [-0.3, -0.25) is 4.90 Å². The Kier molecular flexibility index (Phi) is 6.34. The zero-order chi connectivity index (χ0) is 12.7. The third-order valence-corrected chi connectivity index (χ3v) is 2.97. The van der Waals surface area contributed by atoms with E-state index in [-0.39, 0.29) is 5.75 Å². The number of aromatic hydroxyl groups is 1. The van der Waals surface area contributed by atoms with E-state index in [1.165, 1.54) is 0 Å². The first-order valence-electron chi connectivity index (χ1n) is 5.95. The SMILES string of the molecule is CCOCCN(CC)Cc1cccc(Cl)c1O. The Balaban J connectivity index is 2.57. The molecular weight excluding hydrogens is 238 g/mol. The third-order valence-electron chi connectivity index (χ3n) is 2.67. The molecule has 0 aliphatic rings. The van der Waals surface area contributed by atoms with Crippen molar-refractivity contribution in [1.29, 1.82) is 0 Å². The molecule has 1 N–H and O–H groups in total. The Morgan fingerprint density at radius 3 is 2.76 bits per heavy atom. The Morgan fingerprint density at radius 2 is 2.12 bits per heavy atom. The maximum Gasteiger partial charge on any atom is 0.138 e. The smallest absolute Gasteiger partial charge is 0.138 e. The first-order chi connectivity index (χ1) is 8.19. The normalized spacial score (nSPS) is 11.1. The highest BCUT2D eigenvalue weighted by atomic mass is 35.5. The van der Waals surface area contributed by atoms with Crippen LogP contribution in [0, 0.1) is 0 Å². The molecule has 1 rings (SSSR count). The molecule has 17 heavy (non-hydrogen) atoms. The summed E-state index contributed by atoms with van der Waals surface area (Å²) < 4.78 is 5.33. The third kappa shape index (κ3) is 4.54. The van der Waals surface area contributed by atoms with Crippen LogP contribution in [0.2, 0.25) is 5.02 Å². The number of hydrogen-bond acceptors (Lipinski definition) is 3. The second-order valence-electron chi connectivity index (χ2n) is 3.81. The van der Waals surface area contributed by atoms with Crippen molar-refractivity contribution in [3.8, 4) is 5.75 Å². The Labute approximate surface area is 108 Å². The standard InChI is InChI=1S/C13H20ClNO2/c1-3-15(8-9-17-4-2)10-11-6-5-7-12(14)13(11)16/h5-7,16H,3-4,8-10H2,1-2H3. The van der Waals surface area contributed by atoms with Gasteiger partial charge >= 0.3 is 0 Å². The average Bonchev–Trinajstić information content (AvgIpc) is 2.33. The molecule has 0 amide bonds. The van der Waals surface area contributed by atoms with Gasteiger partial charge in [0.2, 0.25) is 0 Å². The molecule has 0 aliphatic carbocycles. The highest BCUT2D eigenvalue weighted by molar-refractivity contribution is 6.32. The van der Waals surface area contributed by atoms with Crippen molar-refractivity contribution < 1.29 is 9.84 Å². The van der Waals surface area contributed by atoms with E-state index >= 15 is 0 Å². The van der Waals surface area contributed by atoms with E-state index in [1.807, 2.05) is 19.1 Å². The van der Waals surface area contributed by atoms with E-state index in [0.29, 0.717) is 18.2 Å². The molecular formula is C13H20ClNO2. The molecule has 0 spiro atoms. The number of nitrogens with zero attached hydrogens (tertiary/aromatic N) is 1. The van der Waals surface area contributed by atoms with E-state index in [9.17, 15) is 5.11 Å². The fraction of sp³-hybridized carbons (Fsp3) is 0.538. The zero-order valence-corrected chi connectivity index (χ0v) is 11.2. The number of halogens is 1. The highest BCUT2D eigenvalue weighted by Gasteiger charge is 2.09. The minimum atomic E-state index is 0.184. The average molecular weight is 258 g/mol. The highest BCUT2D eigenvalue weighted by Crippen LogP contribution is 2.27. The fourth-order valence-electron chi connectivity index (χ4n) is 1.62. The Bertz CT molecular complexity index is 344. The monoisotopic (exact) mass is 257 g/mol. The summed E-state index contributed by atoms with van der Waals surface area (Å²) in [6.07, 6.45) is 0. The second kappa shape index (κ2) is 7.54. The summed E-state index contributed by atoms with van der Waals surface area (Å²) in [7, 11) is 0. The molecule has 0 radical (unpaired) electrons. The van der Waals surface area contributed by atoms with E-state index in [2.05, 4.69) is 11.8 Å². The molecule has 0 fully saturated rings. The minimum Gasteiger partial charge on any atom is -0.506 e. The molecule has 4 heteroatoms. The van der Waals surface area contributed by atoms with Crippen molar-refractivity contribution in [3.05, 3.63) is 28.8 Å². The number of likely N-dealkylation sites (N-methyl/N-ethyl adjacent to an activating group) is 1. The van der Waals surface area contributed by atoms with E-state index in [0.717, 1.165) is 25.3 Å². The van der Waals surface area contributed by atoms with Crippen molar-refractivity contribution in [3.63, 3.8) is 0 Å². The van der Waals surface area contributed by atoms with Gasteiger partial charge in [-0.25, -0.2) is 0 Å². The number of para-hydroxylation sites is 1. The van der Waals surface area contributed by atoms with Crippen molar-refractivity contribution in [1.82, 2.24) is 4.90 Å². The molecule has 0 aliphatic heterocycles. The molecule has 0 bridgehead atoms. The van der Waals surface area contributed by atoms with Gasteiger partial charge in [0.05, 0.1) is 11.6 Å². The van der Waals surface area contributed by atoms with E-state index < -0.39 is 0 Å². The molecule has 0 unspecified atom stereocenters. The first kappa shape index (κ1) is 14.3. The number of phenols is 1. The summed E-state index contributed by atoms with van der Waals surface area (Å²) in [4.78, 5) is 2.21. The fourth-order valence-corrected chi connectivity index (χ4v) is 1.81. The summed E-state index contributed by atoms with van der Waals surface area (Å²) in [5.74, 6) is 0.184. The van der Waals surface area contributed by atoms with Gasteiger partial charge in [0.1, 0.15) is 5.75 Å². The Morgan fingerprint density at radius 1 is 1.35 bits per heavy atom. The molecule has 0 atom stereocenters. The van der Waals surface area contributed by atoms with Crippen LogP contribution in [-0.2, 0) is 11.3 Å². The van der Waals surface area contributed by atoms with Gasteiger partial charge in [-0.2, -0.15) is 0 Å². The van der Waals surface area contributed by atoms with Crippen molar-refractivity contribution in [2.45, 2.75) is 20.4 Å². The number of hydrogen-bond donors (Lipinski definition) is 1. The minimum absolute atomic E-state index is 0.184. The van der Waals surface area contributed by atoms with Gasteiger partial charge in [-0.05, 0) is 19.5 Å². The quantitative estimate of drug-likeness (QED) is 0.763. The summed E-state index contributed by atoms with van der Waals surface area (Å²) in [6.45, 7) is 7.99. The molecule has 1 aromatic carbocycles. The van der Waals surface area contributed by atoms with Crippen LogP contribution in [0.15, 0.2) is 18.2 Å². The number of rotatable bonds is 7. The van der Waals surface area contributed by atoms with Gasteiger partial charge in [0.25, 0.3) is 0 Å². The molecule has 0 aromatic heterocycles. The van der Waals surface area contributed by atoms with Gasteiger partial charge in [-0.1, -0.05) is 30.7 Å². The molecule has 1 aromatic rings. The number of phenolic OH excluding ortho intramolecular Hbond substituents is 1. The molecule has 96 valence electrons. The molecule has 0 saturated heterocycles. The summed E-state index contributed by atoms with van der Waals surface area (Å²) in [5, 5.41) is 10.2. The Hall–Kier alpha value is -0.770. The van der Waals surface area contributed by atoms with Crippen LogP contribution >= 0.6 is 11.6 Å². The largest absolute Gasteiger partial charge is 0.506 e. The predicted molar refractivity (Wildman–Crippen MR) is 70.6 cm³/mol. The van der Waals surface area contributed by atoms with Crippen LogP contribution in [0.4, 0.5) is 0 Å². The maximum atomic E-state index is 9.82. The molecule has 0 saturated carbocycles. The van der Waals surface area contributed by atoms with Crippen molar-refractivity contribution in [2.24, 2.45) is 0 Å². The summed E-state index contributed by atoms with van der Waals surface area (Å²) in [6, 6.07) is 5.44. The van der Waals surface area contributed by atoms with Crippen LogP contribution in [0.3, 0.4) is 0 Å². The second-order valence-corrected chi connectivity index (χ2v) is 4.22. The topological polar surface area (TPSA) is 32.7 Å². The van der Waals surface area contributed by atoms with Crippen LogP contribution in [0.1, 0.15) is 19.4 Å². The molecule has 3 nitrogen and oxygen atoms in total. The molecule has 0 heterocycles. The van der Waals surface area contributed by atoms with Crippen molar-refractivity contribution >= 4 is 11.6 Å². The number of benzene rings is 1. The van der Waals surface area contributed by atoms with Crippen molar-refractivity contribution in [2.75, 3.05) is 26.3 Å². The van der Waals surface area contributed by atoms with Crippen LogP contribution in [0.25, 0.3) is 0 Å². The predicted octanol–water partition coefficient (Wildman–Crippen LogP) is 2.90. The first-order valence-corrected chi connectivity index (χ1v) is 6.33. The van der Waals surface area contributed by atoms with Gasteiger partial charge in [0.15, 0.2) is 0 Å². The van der Waals surface area contributed by atoms with Crippen LogP contribution in [0.5, 0.6) is 5.75 Å². The van der Waals surface area contributed by atoms with Gasteiger partial charge in [0, 0.05) is 25.3 Å². The van der Waals surface area contributed by atoms with Crippen LogP contribution < -0.4 is 0 Å². The summed E-state index contributed by atoms with van der Waals surface area (Å²) >= 11 is 5.87. The lowest BCUT2D eigenvalue weighted by Gasteiger charge is -2.20. The van der Waals surface area contributed by atoms with Crippen LogP contribution in [-0.4, -0.2) is 36.3 Å². The zero-order valence-electron chi connectivity index (χ0n) is 10.4. The number of ether oxygens (including phenoxy) is 1. The van der Waals surface area contributed by atoms with Gasteiger partial charge in [-0.15, -0.1) is 0 Å². The van der Waals surface area contributed by atoms with Gasteiger partial charge < -0.3 is 9.84 Å². The van der Waals surface area contributed by atoms with E-state index in [1.54, 1.807) is 6.07 Å². The maximum absolute atomic E-state index is 9.82.